The minimum absolute atomic E-state index is 0.0847. The van der Waals surface area contributed by atoms with Crippen molar-refractivity contribution in [3.63, 3.8) is 0 Å². The first-order valence-corrected chi connectivity index (χ1v) is 6.45. The minimum atomic E-state index is -0.159. The van der Waals surface area contributed by atoms with Crippen molar-refractivity contribution in [2.75, 3.05) is 5.32 Å². The van der Waals surface area contributed by atoms with Crippen molar-refractivity contribution in [1.29, 1.82) is 5.41 Å². The first kappa shape index (κ1) is 14.5. The smallest absolute Gasteiger partial charge is 0.255 e. The van der Waals surface area contributed by atoms with Gasteiger partial charge in [0, 0.05) is 23.7 Å². The number of benzene rings is 2. The molecular weight excluding hydrogens is 264 g/mol. The maximum atomic E-state index is 12.0. The van der Waals surface area contributed by atoms with Gasteiger partial charge < -0.3 is 10.1 Å². The number of carbonyl (C=O) groups excluding carboxylic acids is 1. The van der Waals surface area contributed by atoms with Crippen LogP contribution in [0.4, 0.5) is 5.69 Å². The lowest BCUT2D eigenvalue weighted by atomic mass is 10.1. The van der Waals surface area contributed by atoms with Gasteiger partial charge in [-0.1, -0.05) is 24.8 Å². The minimum Gasteiger partial charge on any atom is -0.444 e. The first-order valence-electron chi connectivity index (χ1n) is 6.45. The highest BCUT2D eigenvalue weighted by atomic mass is 16.5. The van der Waals surface area contributed by atoms with E-state index >= 15 is 0 Å². The van der Waals surface area contributed by atoms with Crippen LogP contribution < -0.4 is 5.32 Å². The van der Waals surface area contributed by atoms with Crippen LogP contribution in [0, 0.1) is 5.41 Å². The van der Waals surface area contributed by atoms with Crippen LogP contribution in [0.3, 0.4) is 0 Å². The number of hydrogen-bond acceptors (Lipinski definition) is 3. The van der Waals surface area contributed by atoms with Crippen LogP contribution in [-0.2, 0) is 4.74 Å². The van der Waals surface area contributed by atoms with Crippen molar-refractivity contribution < 1.29 is 9.53 Å². The van der Waals surface area contributed by atoms with Crippen LogP contribution in [0.2, 0.25) is 0 Å². The summed E-state index contributed by atoms with van der Waals surface area (Å²) in [5.41, 5.74) is 2.06. The van der Waals surface area contributed by atoms with Crippen LogP contribution in [0.25, 0.3) is 5.76 Å². The van der Waals surface area contributed by atoms with E-state index in [-0.39, 0.29) is 11.8 Å². The Kier molecular flexibility index (Phi) is 4.51. The lowest BCUT2D eigenvalue weighted by Gasteiger charge is -2.09. The van der Waals surface area contributed by atoms with Gasteiger partial charge in [0.05, 0.1) is 0 Å². The molecule has 0 radical (unpaired) electrons. The maximum Gasteiger partial charge on any atom is 0.255 e. The Morgan fingerprint density at radius 1 is 1.05 bits per heavy atom. The normalized spacial score (nSPS) is 9.76. The molecule has 0 aliphatic rings. The topological polar surface area (TPSA) is 62.2 Å². The van der Waals surface area contributed by atoms with Gasteiger partial charge in [0.1, 0.15) is 5.76 Å². The van der Waals surface area contributed by atoms with Gasteiger partial charge in [-0.3, -0.25) is 10.2 Å². The van der Waals surface area contributed by atoms with Crippen LogP contribution in [-0.4, -0.2) is 11.8 Å². The summed E-state index contributed by atoms with van der Waals surface area (Å²) in [5, 5.41) is 10.1. The predicted octanol–water partition coefficient (Wildman–Crippen LogP) is 3.92. The van der Waals surface area contributed by atoms with E-state index in [9.17, 15) is 4.79 Å². The lowest BCUT2D eigenvalue weighted by molar-refractivity contribution is 0.102. The van der Waals surface area contributed by atoms with E-state index in [0.717, 1.165) is 5.56 Å². The van der Waals surface area contributed by atoms with Gasteiger partial charge in [-0.2, -0.15) is 0 Å². The Labute approximate surface area is 123 Å². The number of nitrogens with one attached hydrogen (secondary N) is 2. The van der Waals surface area contributed by atoms with E-state index in [1.165, 1.54) is 0 Å². The lowest BCUT2D eigenvalue weighted by Crippen LogP contribution is -2.11. The molecule has 4 heteroatoms. The zero-order valence-electron chi connectivity index (χ0n) is 11.7. The van der Waals surface area contributed by atoms with E-state index < -0.39 is 0 Å². The van der Waals surface area contributed by atoms with Crippen molar-refractivity contribution >= 4 is 23.3 Å². The Bertz CT molecular complexity index is 661. The van der Waals surface area contributed by atoms with E-state index in [4.69, 9.17) is 10.1 Å². The Balaban J connectivity index is 2.04. The highest BCUT2D eigenvalue weighted by Gasteiger charge is 2.06. The summed E-state index contributed by atoms with van der Waals surface area (Å²) in [6.07, 6.45) is 0. The van der Waals surface area contributed by atoms with Crippen molar-refractivity contribution in [3.8, 4) is 0 Å². The molecular formula is C17H16N2O2. The maximum absolute atomic E-state index is 12.0. The van der Waals surface area contributed by atoms with Gasteiger partial charge in [-0.15, -0.1) is 0 Å². The van der Waals surface area contributed by atoms with Gasteiger partial charge in [0.2, 0.25) is 0 Å². The number of anilines is 1. The van der Waals surface area contributed by atoms with E-state index in [1.807, 2.05) is 18.2 Å². The molecule has 0 bridgehead atoms. The Morgan fingerprint density at radius 3 is 2.24 bits per heavy atom. The fraction of sp³-hybridized carbons (Fsp3) is 0.0588. The molecule has 0 aliphatic carbocycles. The van der Waals surface area contributed by atoms with Gasteiger partial charge >= 0.3 is 0 Å². The molecule has 0 atom stereocenters. The average Bonchev–Trinajstić information content (AvgIpc) is 2.48. The Morgan fingerprint density at radius 2 is 1.67 bits per heavy atom. The molecule has 0 aliphatic heterocycles. The molecule has 0 saturated carbocycles. The number of ether oxygens (including phenoxy) is 1. The molecule has 4 nitrogen and oxygen atoms in total. The van der Waals surface area contributed by atoms with Crippen LogP contribution in [0.15, 0.2) is 61.2 Å². The molecule has 0 heterocycles. The van der Waals surface area contributed by atoms with E-state index in [0.29, 0.717) is 17.0 Å². The molecule has 2 aromatic carbocycles. The molecule has 1 amide bonds. The van der Waals surface area contributed by atoms with Gasteiger partial charge in [-0.05, 0) is 36.4 Å². The standard InChI is InChI=1S/C17H16N2O2/c1-12(21-13(2)18)14-8-10-16(11-9-14)19-17(20)15-6-4-3-5-7-15/h3-11,18H,1H2,2H3,(H,19,20). The third-order valence-electron chi connectivity index (χ3n) is 2.78. The van der Waals surface area contributed by atoms with Crippen molar-refractivity contribution in [1.82, 2.24) is 0 Å². The van der Waals surface area contributed by atoms with Crippen molar-refractivity contribution in [2.45, 2.75) is 6.92 Å². The van der Waals surface area contributed by atoms with E-state index in [1.54, 1.807) is 43.3 Å². The SMILES string of the molecule is C=C(OC(C)=N)c1ccc(NC(=O)c2ccccc2)cc1. The molecule has 2 aromatic rings. The summed E-state index contributed by atoms with van der Waals surface area (Å²) < 4.78 is 5.13. The van der Waals surface area contributed by atoms with Gasteiger partial charge in [-0.25, -0.2) is 0 Å². The average molecular weight is 280 g/mol. The molecule has 2 N–H and O–H groups in total. The fourth-order valence-corrected chi connectivity index (χ4v) is 1.78. The molecule has 0 saturated heterocycles. The Hall–Kier alpha value is -2.88. The molecule has 106 valence electrons. The first-order chi connectivity index (χ1) is 10.1. The van der Waals surface area contributed by atoms with Crippen LogP contribution >= 0.6 is 0 Å². The van der Waals surface area contributed by atoms with Crippen molar-refractivity contribution in [2.24, 2.45) is 0 Å². The summed E-state index contributed by atoms with van der Waals surface area (Å²) in [6, 6.07) is 16.1. The quantitative estimate of drug-likeness (QED) is 0.506. The summed E-state index contributed by atoms with van der Waals surface area (Å²) in [5.74, 6) is 0.332. The van der Waals surface area contributed by atoms with Crippen molar-refractivity contribution in [3.05, 3.63) is 72.3 Å². The zero-order chi connectivity index (χ0) is 15.2. The molecule has 0 spiro atoms. The van der Waals surface area contributed by atoms with E-state index in [2.05, 4.69) is 11.9 Å². The van der Waals surface area contributed by atoms with Crippen LogP contribution in [0.1, 0.15) is 22.8 Å². The molecule has 0 unspecified atom stereocenters. The highest BCUT2D eigenvalue weighted by molar-refractivity contribution is 6.04. The number of carbonyl (C=O) groups is 1. The second kappa shape index (κ2) is 6.52. The monoisotopic (exact) mass is 280 g/mol. The van der Waals surface area contributed by atoms with Crippen LogP contribution in [0.5, 0.6) is 0 Å². The highest BCUT2D eigenvalue weighted by Crippen LogP contribution is 2.17. The molecule has 2 rings (SSSR count). The third-order valence-corrected chi connectivity index (χ3v) is 2.78. The fourth-order valence-electron chi connectivity index (χ4n) is 1.78. The van der Waals surface area contributed by atoms with Gasteiger partial charge in [0.25, 0.3) is 5.91 Å². The summed E-state index contributed by atoms with van der Waals surface area (Å²) in [6.45, 7) is 5.29. The second-order valence-electron chi connectivity index (χ2n) is 4.48. The number of rotatable bonds is 4. The summed E-state index contributed by atoms with van der Waals surface area (Å²) in [7, 11) is 0. The molecule has 21 heavy (non-hydrogen) atoms. The largest absolute Gasteiger partial charge is 0.444 e. The predicted molar refractivity (Wildman–Crippen MR) is 84.4 cm³/mol. The second-order valence-corrected chi connectivity index (χ2v) is 4.48. The molecule has 0 aromatic heterocycles. The third kappa shape index (κ3) is 4.04. The van der Waals surface area contributed by atoms with Gasteiger partial charge in [0.15, 0.2) is 5.90 Å². The number of hydrogen-bond donors (Lipinski definition) is 2. The number of amides is 1. The zero-order valence-corrected chi connectivity index (χ0v) is 11.7. The summed E-state index contributed by atoms with van der Waals surface area (Å²) in [4.78, 5) is 12.0. The summed E-state index contributed by atoms with van der Waals surface area (Å²) >= 11 is 0. The molecule has 0 fully saturated rings.